The number of aliphatic carboxylic acids is 1. The summed E-state index contributed by atoms with van der Waals surface area (Å²) in [5, 5.41) is 11.7. The third-order valence-corrected chi connectivity index (χ3v) is 3.74. The summed E-state index contributed by atoms with van der Waals surface area (Å²) in [4.78, 5) is 24.7. The lowest BCUT2D eigenvalue weighted by Gasteiger charge is -2.18. The Labute approximate surface area is 133 Å². The Morgan fingerprint density at radius 3 is 2.22 bits per heavy atom. The number of likely N-dealkylation sites (tertiary alicyclic amines) is 1. The molecule has 2 N–H and O–H groups in total. The molecular weight excluding hydrogens is 304 g/mol. The van der Waals surface area contributed by atoms with E-state index in [0.717, 1.165) is 0 Å². The molecule has 1 unspecified atom stereocenters. The van der Waals surface area contributed by atoms with Crippen LogP contribution in [-0.2, 0) is 4.79 Å². The number of hydrogen-bond donors (Lipinski definition) is 2. The van der Waals surface area contributed by atoms with E-state index in [9.17, 15) is 9.59 Å². The summed E-state index contributed by atoms with van der Waals surface area (Å²) in [6.07, 6.45) is 0.456. The predicted octanol–water partition coefficient (Wildman–Crippen LogP) is 1.65. The molecule has 1 heterocycles. The maximum Gasteiger partial charge on any atom is 0.321 e. The molecule has 8 heteroatoms. The van der Waals surface area contributed by atoms with Crippen molar-refractivity contribution in [2.75, 3.05) is 39.7 Å². The van der Waals surface area contributed by atoms with Crippen molar-refractivity contribution >= 4 is 17.7 Å². The molecule has 126 valence electrons. The molecule has 23 heavy (non-hydrogen) atoms. The molecule has 1 fully saturated rings. The Hall–Kier alpha value is -2.64. The van der Waals surface area contributed by atoms with Crippen LogP contribution in [0, 0.1) is 5.92 Å². The second kappa shape index (κ2) is 7.08. The molecule has 1 aliphatic heterocycles. The van der Waals surface area contributed by atoms with Gasteiger partial charge in [0.2, 0.25) is 5.75 Å². The summed E-state index contributed by atoms with van der Waals surface area (Å²) in [6, 6.07) is 2.87. The van der Waals surface area contributed by atoms with Crippen LogP contribution in [0.5, 0.6) is 17.2 Å². The number of methoxy groups -OCH3 is 3. The SMILES string of the molecule is COc1cc(NC(=O)N2CCC(C(=O)O)C2)cc(OC)c1OC. The number of carbonyl (C=O) groups is 2. The van der Waals surface area contributed by atoms with E-state index in [-0.39, 0.29) is 12.6 Å². The Bertz CT molecular complexity index is 579. The molecule has 1 aliphatic rings. The molecule has 1 aromatic carbocycles. The first-order valence-electron chi connectivity index (χ1n) is 7.08. The lowest BCUT2D eigenvalue weighted by atomic mass is 10.1. The molecule has 0 aliphatic carbocycles. The number of nitrogens with one attached hydrogen (secondary N) is 1. The van der Waals surface area contributed by atoms with Crippen molar-refractivity contribution in [2.24, 2.45) is 5.92 Å². The first kappa shape index (κ1) is 16.7. The molecule has 1 aromatic rings. The largest absolute Gasteiger partial charge is 0.493 e. The van der Waals surface area contributed by atoms with E-state index in [1.165, 1.54) is 26.2 Å². The van der Waals surface area contributed by atoms with Crippen molar-refractivity contribution in [2.45, 2.75) is 6.42 Å². The zero-order chi connectivity index (χ0) is 17.0. The fraction of sp³-hybridized carbons (Fsp3) is 0.467. The quantitative estimate of drug-likeness (QED) is 0.855. The molecular formula is C15H20N2O6. The van der Waals surface area contributed by atoms with Gasteiger partial charge in [-0.1, -0.05) is 0 Å². The standard InChI is InChI=1S/C15H20N2O6/c1-21-11-6-10(7-12(22-2)13(11)23-3)16-15(20)17-5-4-9(8-17)14(18)19/h6-7,9H,4-5,8H2,1-3H3,(H,16,20)(H,18,19). The van der Waals surface area contributed by atoms with Gasteiger partial charge in [-0.15, -0.1) is 0 Å². The molecule has 8 nitrogen and oxygen atoms in total. The smallest absolute Gasteiger partial charge is 0.321 e. The van der Waals surface area contributed by atoms with E-state index in [4.69, 9.17) is 19.3 Å². The molecule has 0 radical (unpaired) electrons. The minimum absolute atomic E-state index is 0.200. The summed E-state index contributed by atoms with van der Waals surface area (Å²) in [5.74, 6) is -0.118. The van der Waals surface area contributed by atoms with Crippen molar-refractivity contribution in [3.63, 3.8) is 0 Å². The van der Waals surface area contributed by atoms with Gasteiger partial charge in [0.15, 0.2) is 11.5 Å². The Kier molecular flexibility index (Phi) is 5.15. The first-order valence-corrected chi connectivity index (χ1v) is 7.08. The second-order valence-electron chi connectivity index (χ2n) is 5.11. The van der Waals surface area contributed by atoms with Gasteiger partial charge in [0.1, 0.15) is 0 Å². The van der Waals surface area contributed by atoms with Crippen LogP contribution < -0.4 is 19.5 Å². The van der Waals surface area contributed by atoms with Crippen LogP contribution >= 0.6 is 0 Å². The first-order chi connectivity index (χ1) is 11.0. The summed E-state index contributed by atoms with van der Waals surface area (Å²) >= 11 is 0. The number of carbonyl (C=O) groups excluding carboxylic acids is 1. The van der Waals surface area contributed by atoms with Crippen molar-refractivity contribution < 1.29 is 28.9 Å². The van der Waals surface area contributed by atoms with Crippen LogP contribution in [0.25, 0.3) is 0 Å². The monoisotopic (exact) mass is 324 g/mol. The Balaban J connectivity index is 2.14. The fourth-order valence-corrected chi connectivity index (χ4v) is 2.50. The van der Waals surface area contributed by atoms with E-state index in [0.29, 0.717) is 35.9 Å². The highest BCUT2D eigenvalue weighted by Crippen LogP contribution is 2.40. The molecule has 0 spiro atoms. The van der Waals surface area contributed by atoms with Crippen molar-refractivity contribution in [3.05, 3.63) is 12.1 Å². The van der Waals surface area contributed by atoms with Gasteiger partial charge in [0.25, 0.3) is 0 Å². The normalized spacial score (nSPS) is 16.8. The molecule has 1 atom stereocenters. The van der Waals surface area contributed by atoms with E-state index in [1.807, 2.05) is 0 Å². The Morgan fingerprint density at radius 2 is 1.78 bits per heavy atom. The van der Waals surface area contributed by atoms with Crippen molar-refractivity contribution in [1.82, 2.24) is 4.90 Å². The Morgan fingerprint density at radius 1 is 1.17 bits per heavy atom. The third kappa shape index (κ3) is 3.58. The van der Waals surface area contributed by atoms with Crippen LogP contribution in [0.1, 0.15) is 6.42 Å². The van der Waals surface area contributed by atoms with Crippen LogP contribution in [0.2, 0.25) is 0 Å². The molecule has 0 aromatic heterocycles. The topological polar surface area (TPSA) is 97.3 Å². The zero-order valence-corrected chi connectivity index (χ0v) is 13.3. The summed E-state index contributed by atoms with van der Waals surface area (Å²) in [6.45, 7) is 0.610. The lowest BCUT2D eigenvalue weighted by molar-refractivity contribution is -0.141. The predicted molar refractivity (Wildman–Crippen MR) is 82.4 cm³/mol. The highest BCUT2D eigenvalue weighted by molar-refractivity contribution is 5.91. The van der Waals surface area contributed by atoms with Gasteiger partial charge in [0.05, 0.1) is 32.9 Å². The van der Waals surface area contributed by atoms with Gasteiger partial charge in [0, 0.05) is 25.2 Å². The van der Waals surface area contributed by atoms with Gasteiger partial charge in [-0.2, -0.15) is 0 Å². The number of hydrogen-bond acceptors (Lipinski definition) is 5. The van der Waals surface area contributed by atoms with Crippen LogP contribution in [-0.4, -0.2) is 56.4 Å². The van der Waals surface area contributed by atoms with Gasteiger partial charge >= 0.3 is 12.0 Å². The maximum atomic E-state index is 12.2. The van der Waals surface area contributed by atoms with E-state index >= 15 is 0 Å². The number of anilines is 1. The number of carboxylic acids is 1. The maximum absolute atomic E-state index is 12.2. The van der Waals surface area contributed by atoms with Crippen molar-refractivity contribution in [1.29, 1.82) is 0 Å². The number of amides is 2. The fourth-order valence-electron chi connectivity index (χ4n) is 2.50. The summed E-state index contributed by atoms with van der Waals surface area (Å²) in [5.41, 5.74) is 0.475. The van der Waals surface area contributed by atoms with Crippen LogP contribution in [0.15, 0.2) is 12.1 Å². The molecule has 0 saturated carbocycles. The average Bonchev–Trinajstić information content (AvgIpc) is 3.04. The highest BCUT2D eigenvalue weighted by atomic mass is 16.5. The van der Waals surface area contributed by atoms with Crippen LogP contribution in [0.4, 0.5) is 10.5 Å². The minimum Gasteiger partial charge on any atom is -0.493 e. The second-order valence-corrected chi connectivity index (χ2v) is 5.11. The van der Waals surface area contributed by atoms with Gasteiger partial charge in [-0.05, 0) is 6.42 Å². The third-order valence-electron chi connectivity index (χ3n) is 3.74. The number of urea groups is 1. The van der Waals surface area contributed by atoms with Gasteiger partial charge < -0.3 is 29.5 Å². The number of nitrogens with zero attached hydrogens (tertiary/aromatic N) is 1. The van der Waals surface area contributed by atoms with E-state index < -0.39 is 11.9 Å². The minimum atomic E-state index is -0.881. The van der Waals surface area contributed by atoms with Gasteiger partial charge in [-0.25, -0.2) is 4.79 Å². The van der Waals surface area contributed by atoms with Crippen molar-refractivity contribution in [3.8, 4) is 17.2 Å². The number of rotatable bonds is 5. The number of benzene rings is 1. The van der Waals surface area contributed by atoms with E-state index in [2.05, 4.69) is 5.32 Å². The van der Waals surface area contributed by atoms with Gasteiger partial charge in [-0.3, -0.25) is 4.79 Å². The zero-order valence-electron chi connectivity index (χ0n) is 13.3. The van der Waals surface area contributed by atoms with Crippen LogP contribution in [0.3, 0.4) is 0 Å². The summed E-state index contributed by atoms with van der Waals surface area (Å²) in [7, 11) is 4.47. The molecule has 0 bridgehead atoms. The molecule has 2 amide bonds. The summed E-state index contributed by atoms with van der Waals surface area (Å²) < 4.78 is 15.7. The molecule has 2 rings (SSSR count). The molecule has 1 saturated heterocycles. The average molecular weight is 324 g/mol. The lowest BCUT2D eigenvalue weighted by Crippen LogP contribution is -2.33. The number of ether oxygens (including phenoxy) is 3. The highest BCUT2D eigenvalue weighted by Gasteiger charge is 2.31. The van der Waals surface area contributed by atoms with E-state index in [1.54, 1.807) is 12.1 Å². The number of carboxylic acid groups (broad SMARTS) is 1.